The topological polar surface area (TPSA) is 61.2 Å². The summed E-state index contributed by atoms with van der Waals surface area (Å²) in [7, 11) is 0. The second-order valence-electron chi connectivity index (χ2n) is 8.38. The van der Waals surface area contributed by atoms with Crippen molar-refractivity contribution in [2.45, 2.75) is 19.6 Å². The summed E-state index contributed by atoms with van der Waals surface area (Å²) in [6, 6.07) is 4.50. The van der Waals surface area contributed by atoms with Gasteiger partial charge < -0.3 is 34.0 Å². The maximum Gasteiger partial charge on any atom is 0.133 e. The monoisotopic (exact) mass is 394 g/mol. The van der Waals surface area contributed by atoms with Crippen LogP contribution in [0, 0.1) is 0 Å². The minimum absolute atomic E-state index is 0.513. The molecule has 7 heteroatoms. The summed E-state index contributed by atoms with van der Waals surface area (Å²) in [6.45, 7) is 13.9. The van der Waals surface area contributed by atoms with Gasteiger partial charge in [-0.3, -0.25) is 0 Å². The van der Waals surface area contributed by atoms with Gasteiger partial charge in [-0.1, -0.05) is 0 Å². The first-order valence-electron chi connectivity index (χ1n) is 10.9. The molecule has 0 bridgehead atoms. The lowest BCUT2D eigenvalue weighted by atomic mass is 10.0. The number of nitrogens with one attached hydrogen (secondary N) is 3. The largest absolute Gasteiger partial charge is 0.507 e. The van der Waals surface area contributed by atoms with Crippen LogP contribution < -0.4 is 14.7 Å². The fourth-order valence-corrected chi connectivity index (χ4v) is 4.54. The van der Waals surface area contributed by atoms with Gasteiger partial charge in [-0.05, 0) is 12.1 Å². The molecule has 0 amide bonds. The Balaban J connectivity index is 1.53. The third-order valence-corrected chi connectivity index (χ3v) is 6.26. The van der Waals surface area contributed by atoms with Crippen LogP contribution in [0.2, 0.25) is 0 Å². The molecule has 1 aromatic carbocycles. The lowest BCUT2D eigenvalue weighted by Crippen LogP contribution is -3.13. The molecule has 0 unspecified atom stereocenters. The zero-order valence-corrected chi connectivity index (χ0v) is 16.9. The highest BCUT2D eigenvalue weighted by Crippen LogP contribution is 2.24. The van der Waals surface area contributed by atoms with Gasteiger partial charge in [0, 0.05) is 16.7 Å². The molecule has 1 aromatic rings. The van der Waals surface area contributed by atoms with Crippen LogP contribution in [0.1, 0.15) is 16.7 Å². The van der Waals surface area contributed by atoms with E-state index in [1.165, 1.54) is 15.4 Å². The average molecular weight is 395 g/mol. The summed E-state index contributed by atoms with van der Waals surface area (Å²) >= 11 is 0. The van der Waals surface area contributed by atoms with Crippen LogP contribution in [0.3, 0.4) is 0 Å². The molecule has 0 atom stereocenters. The van der Waals surface area contributed by atoms with Gasteiger partial charge in [0.05, 0.1) is 39.6 Å². The number of benzene rings is 1. The number of aromatic hydroxyl groups is 1. The number of morpholine rings is 3. The number of hydrogen-bond donors (Lipinski definition) is 4. The van der Waals surface area contributed by atoms with Crippen molar-refractivity contribution in [1.29, 1.82) is 0 Å². The Hall–Kier alpha value is -1.22. The van der Waals surface area contributed by atoms with E-state index in [9.17, 15) is 5.11 Å². The number of rotatable bonds is 6. The van der Waals surface area contributed by atoms with Gasteiger partial charge in [-0.2, -0.15) is 0 Å². The van der Waals surface area contributed by atoms with E-state index in [2.05, 4.69) is 12.1 Å². The fraction of sp³-hybridized carbons (Fsp3) is 0.714. The molecule has 4 N–H and O–H groups in total. The summed E-state index contributed by atoms with van der Waals surface area (Å²) in [5, 5.41) is 11.1. The number of phenolic OH excluding ortho intramolecular Hbond substituents is 1. The molecule has 156 valence electrons. The maximum atomic E-state index is 11.1. The standard InChI is InChI=1S/C21H33N3O4/c25-21-19(16-23-3-9-27-10-4-23)13-18(15-22-1-7-26-8-2-22)14-20(21)17-24-5-11-28-12-6-24/h13-14,25H,1-12,15-17H2/p+3. The highest BCUT2D eigenvalue weighted by atomic mass is 16.5. The number of hydrogen-bond acceptors (Lipinski definition) is 4. The Labute approximate surface area is 167 Å². The minimum atomic E-state index is 0.513. The summed E-state index contributed by atoms with van der Waals surface area (Å²) in [4.78, 5) is 4.58. The van der Waals surface area contributed by atoms with Crippen LogP contribution in [-0.2, 0) is 33.8 Å². The van der Waals surface area contributed by atoms with Crippen LogP contribution >= 0.6 is 0 Å². The lowest BCUT2D eigenvalue weighted by Gasteiger charge is -2.27. The fourth-order valence-electron chi connectivity index (χ4n) is 4.54. The van der Waals surface area contributed by atoms with Crippen LogP contribution in [-0.4, -0.2) is 84.0 Å². The van der Waals surface area contributed by atoms with Crippen molar-refractivity contribution in [1.82, 2.24) is 0 Å². The average Bonchev–Trinajstić information content (AvgIpc) is 2.74. The normalized spacial score (nSPS) is 23.1. The van der Waals surface area contributed by atoms with Crippen molar-refractivity contribution in [3.63, 3.8) is 0 Å². The first-order chi connectivity index (χ1) is 13.8. The predicted octanol–water partition coefficient (Wildman–Crippen LogP) is -3.36. The smallest absolute Gasteiger partial charge is 0.133 e. The second kappa shape index (κ2) is 10.0. The SMILES string of the molecule is Oc1c(C[NH+]2CCOCC2)cc(C[NH+]2CCOCC2)cc1C[NH+]1CCOCC1. The van der Waals surface area contributed by atoms with Crippen molar-refractivity contribution in [2.75, 3.05) is 78.9 Å². The Morgan fingerprint density at radius 1 is 0.607 bits per heavy atom. The van der Waals surface area contributed by atoms with Crippen LogP contribution in [0.15, 0.2) is 12.1 Å². The first-order valence-corrected chi connectivity index (χ1v) is 10.9. The Morgan fingerprint density at radius 2 is 0.964 bits per heavy atom. The number of quaternary nitrogens is 3. The summed E-state index contributed by atoms with van der Waals surface area (Å²) in [5.74, 6) is 0.513. The highest BCUT2D eigenvalue weighted by molar-refractivity contribution is 5.43. The molecule has 3 saturated heterocycles. The lowest BCUT2D eigenvalue weighted by molar-refractivity contribution is -0.922. The van der Waals surface area contributed by atoms with Crippen molar-refractivity contribution in [2.24, 2.45) is 0 Å². The molecular formula is C21H36N3O4+3. The molecule has 4 rings (SSSR count). The van der Waals surface area contributed by atoms with E-state index >= 15 is 0 Å². The van der Waals surface area contributed by atoms with E-state index < -0.39 is 0 Å². The number of phenols is 1. The zero-order chi connectivity index (χ0) is 19.2. The van der Waals surface area contributed by atoms with Crippen molar-refractivity contribution in [3.05, 3.63) is 28.8 Å². The Bertz CT molecular complexity index is 583. The molecule has 0 aromatic heterocycles. The van der Waals surface area contributed by atoms with Crippen molar-refractivity contribution < 1.29 is 34.0 Å². The van der Waals surface area contributed by atoms with E-state index in [1.807, 2.05) is 0 Å². The van der Waals surface area contributed by atoms with E-state index in [1.54, 1.807) is 4.90 Å². The first kappa shape index (κ1) is 20.1. The van der Waals surface area contributed by atoms with E-state index in [4.69, 9.17) is 14.2 Å². The Kier molecular flexibility index (Phi) is 7.17. The molecule has 3 aliphatic heterocycles. The summed E-state index contributed by atoms with van der Waals surface area (Å²) < 4.78 is 16.5. The molecular weight excluding hydrogens is 358 g/mol. The highest BCUT2D eigenvalue weighted by Gasteiger charge is 2.23. The minimum Gasteiger partial charge on any atom is -0.507 e. The molecule has 0 saturated carbocycles. The molecule has 0 radical (unpaired) electrons. The summed E-state index contributed by atoms with van der Waals surface area (Å²) in [6.07, 6.45) is 0. The summed E-state index contributed by atoms with van der Waals surface area (Å²) in [5.41, 5.74) is 3.55. The molecule has 0 aliphatic carbocycles. The third-order valence-electron chi connectivity index (χ3n) is 6.26. The van der Waals surface area contributed by atoms with Gasteiger partial charge in [0.15, 0.2) is 0 Å². The molecule has 7 nitrogen and oxygen atoms in total. The maximum absolute atomic E-state index is 11.1. The molecule has 3 heterocycles. The molecule has 3 fully saturated rings. The van der Waals surface area contributed by atoms with Crippen LogP contribution in [0.25, 0.3) is 0 Å². The molecule has 3 aliphatic rings. The predicted molar refractivity (Wildman–Crippen MR) is 104 cm³/mol. The molecule has 28 heavy (non-hydrogen) atoms. The van der Waals surface area contributed by atoms with Gasteiger partial charge in [-0.15, -0.1) is 0 Å². The number of ether oxygens (including phenoxy) is 3. The zero-order valence-electron chi connectivity index (χ0n) is 16.9. The third kappa shape index (κ3) is 5.43. The molecule has 0 spiro atoms. The van der Waals surface area contributed by atoms with Crippen LogP contribution in [0.4, 0.5) is 0 Å². The van der Waals surface area contributed by atoms with E-state index in [0.29, 0.717) is 5.75 Å². The second-order valence-corrected chi connectivity index (χ2v) is 8.38. The van der Waals surface area contributed by atoms with Crippen molar-refractivity contribution >= 4 is 0 Å². The van der Waals surface area contributed by atoms with Gasteiger partial charge in [-0.25, -0.2) is 0 Å². The van der Waals surface area contributed by atoms with Gasteiger partial charge in [0.1, 0.15) is 64.7 Å². The van der Waals surface area contributed by atoms with Gasteiger partial charge in [0.2, 0.25) is 0 Å². The van der Waals surface area contributed by atoms with Crippen molar-refractivity contribution in [3.8, 4) is 5.75 Å². The van der Waals surface area contributed by atoms with Crippen LogP contribution in [0.5, 0.6) is 5.75 Å². The Morgan fingerprint density at radius 3 is 1.36 bits per heavy atom. The van der Waals surface area contributed by atoms with Gasteiger partial charge >= 0.3 is 0 Å². The van der Waals surface area contributed by atoms with E-state index in [0.717, 1.165) is 110 Å². The van der Waals surface area contributed by atoms with E-state index in [-0.39, 0.29) is 0 Å². The van der Waals surface area contributed by atoms with Gasteiger partial charge in [0.25, 0.3) is 0 Å². The quantitative estimate of drug-likeness (QED) is 0.407.